The molecule has 3 heteroatoms. The van der Waals surface area contributed by atoms with Gasteiger partial charge in [0.05, 0.1) is 0 Å². The van der Waals surface area contributed by atoms with E-state index >= 15 is 0 Å². The predicted octanol–water partition coefficient (Wildman–Crippen LogP) is 2.68. The molecular formula is C11H15F2N. The Balaban J connectivity index is 2.79. The number of benzene rings is 1. The maximum Gasteiger partial charge on any atom is 0.162 e. The number of hydrogen-bond donors (Lipinski definition) is 1. The van der Waals surface area contributed by atoms with Gasteiger partial charge in [-0.2, -0.15) is 0 Å². The second-order valence-electron chi connectivity index (χ2n) is 3.44. The third kappa shape index (κ3) is 2.51. The molecule has 1 rings (SSSR count). The van der Waals surface area contributed by atoms with Crippen molar-refractivity contribution in [1.29, 1.82) is 0 Å². The first kappa shape index (κ1) is 11.1. The maximum absolute atomic E-state index is 13.3. The zero-order valence-corrected chi connectivity index (χ0v) is 8.48. The fraction of sp³-hybridized carbons (Fsp3) is 0.455. The molecule has 1 atom stereocenters. The molecule has 1 nitrogen and oxygen atoms in total. The molecule has 1 aromatic carbocycles. The van der Waals surface area contributed by atoms with Crippen molar-refractivity contribution in [3.8, 4) is 0 Å². The Kier molecular flexibility index (Phi) is 4.01. The van der Waals surface area contributed by atoms with Crippen molar-refractivity contribution < 1.29 is 8.78 Å². The molecule has 0 aliphatic carbocycles. The molecular weight excluding hydrogens is 184 g/mol. The fourth-order valence-electron chi connectivity index (χ4n) is 1.42. The Labute approximate surface area is 83.1 Å². The van der Waals surface area contributed by atoms with Gasteiger partial charge in [0.25, 0.3) is 0 Å². The molecule has 0 radical (unpaired) electrons. The highest BCUT2D eigenvalue weighted by Gasteiger charge is 2.13. The molecule has 0 saturated heterocycles. The number of halogens is 2. The summed E-state index contributed by atoms with van der Waals surface area (Å²) in [6.45, 7) is 2.70. The van der Waals surface area contributed by atoms with Gasteiger partial charge in [-0.15, -0.1) is 0 Å². The van der Waals surface area contributed by atoms with Gasteiger partial charge in [-0.1, -0.05) is 19.1 Å². The highest BCUT2D eigenvalue weighted by Crippen LogP contribution is 2.22. The second kappa shape index (κ2) is 5.05. The summed E-state index contributed by atoms with van der Waals surface area (Å²) in [6.07, 6.45) is 0.802. The van der Waals surface area contributed by atoms with E-state index in [-0.39, 0.29) is 5.92 Å². The van der Waals surface area contributed by atoms with Gasteiger partial charge in [0, 0.05) is 0 Å². The lowest BCUT2D eigenvalue weighted by atomic mass is 9.97. The molecule has 0 heterocycles. The summed E-state index contributed by atoms with van der Waals surface area (Å²) in [6, 6.07) is 4.33. The monoisotopic (exact) mass is 199 g/mol. The van der Waals surface area contributed by atoms with E-state index in [1.54, 1.807) is 12.1 Å². The van der Waals surface area contributed by atoms with Crippen molar-refractivity contribution in [2.75, 3.05) is 13.6 Å². The molecule has 0 saturated carbocycles. The molecule has 14 heavy (non-hydrogen) atoms. The van der Waals surface area contributed by atoms with E-state index in [1.165, 1.54) is 0 Å². The van der Waals surface area contributed by atoms with Crippen LogP contribution in [0, 0.1) is 11.6 Å². The van der Waals surface area contributed by atoms with Crippen LogP contribution in [0.1, 0.15) is 24.8 Å². The molecule has 0 amide bonds. The Hall–Kier alpha value is -0.960. The van der Waals surface area contributed by atoms with Gasteiger partial charge in [0.15, 0.2) is 11.6 Å². The van der Waals surface area contributed by atoms with Crippen LogP contribution in [0.25, 0.3) is 0 Å². The lowest BCUT2D eigenvalue weighted by Crippen LogP contribution is -2.11. The molecule has 78 valence electrons. The summed E-state index contributed by atoms with van der Waals surface area (Å²) in [4.78, 5) is 0. The van der Waals surface area contributed by atoms with Gasteiger partial charge in [-0.3, -0.25) is 0 Å². The van der Waals surface area contributed by atoms with Crippen molar-refractivity contribution in [2.45, 2.75) is 19.3 Å². The van der Waals surface area contributed by atoms with E-state index < -0.39 is 11.6 Å². The third-order valence-electron chi connectivity index (χ3n) is 2.34. The van der Waals surface area contributed by atoms with E-state index in [2.05, 4.69) is 5.32 Å². The van der Waals surface area contributed by atoms with E-state index in [0.29, 0.717) is 5.56 Å². The molecule has 1 aromatic rings. The molecule has 1 unspecified atom stereocenters. The lowest BCUT2D eigenvalue weighted by molar-refractivity contribution is 0.485. The number of rotatable bonds is 4. The quantitative estimate of drug-likeness (QED) is 0.786. The van der Waals surface area contributed by atoms with Gasteiger partial charge in [0.1, 0.15) is 0 Å². The van der Waals surface area contributed by atoms with Gasteiger partial charge < -0.3 is 5.32 Å². The summed E-state index contributed by atoms with van der Waals surface area (Å²) in [5, 5.41) is 2.99. The highest BCUT2D eigenvalue weighted by molar-refractivity contribution is 5.22. The molecule has 0 aromatic heterocycles. The molecule has 0 aliphatic rings. The van der Waals surface area contributed by atoms with Crippen LogP contribution < -0.4 is 5.32 Å². The van der Waals surface area contributed by atoms with E-state index in [4.69, 9.17) is 0 Å². The minimum atomic E-state index is -0.765. The molecule has 1 N–H and O–H groups in total. The first-order valence-corrected chi connectivity index (χ1v) is 4.75. The maximum atomic E-state index is 13.3. The first-order chi connectivity index (χ1) is 6.66. The van der Waals surface area contributed by atoms with Crippen LogP contribution >= 0.6 is 0 Å². The van der Waals surface area contributed by atoms with Crippen LogP contribution in [0.3, 0.4) is 0 Å². The summed E-state index contributed by atoms with van der Waals surface area (Å²) >= 11 is 0. The standard InChI is InChI=1S/C11H15F2N/c1-8(6-7-14-2)9-4-3-5-10(12)11(9)13/h3-5,8,14H,6-7H2,1-2H3. The average molecular weight is 199 g/mol. The van der Waals surface area contributed by atoms with Crippen LogP contribution in [0.15, 0.2) is 18.2 Å². The van der Waals surface area contributed by atoms with E-state index in [9.17, 15) is 8.78 Å². The molecule has 0 bridgehead atoms. The normalized spacial score (nSPS) is 12.9. The first-order valence-electron chi connectivity index (χ1n) is 4.75. The van der Waals surface area contributed by atoms with Crippen LogP contribution in [-0.2, 0) is 0 Å². The van der Waals surface area contributed by atoms with Crippen molar-refractivity contribution in [2.24, 2.45) is 0 Å². The Bertz CT molecular complexity index is 299. The van der Waals surface area contributed by atoms with Crippen LogP contribution in [0.5, 0.6) is 0 Å². The predicted molar refractivity (Wildman–Crippen MR) is 53.3 cm³/mol. The minimum Gasteiger partial charge on any atom is -0.320 e. The molecule has 0 spiro atoms. The van der Waals surface area contributed by atoms with E-state index in [1.807, 2.05) is 14.0 Å². The lowest BCUT2D eigenvalue weighted by Gasteiger charge is -2.12. The average Bonchev–Trinajstić information content (AvgIpc) is 2.18. The highest BCUT2D eigenvalue weighted by atomic mass is 19.2. The van der Waals surface area contributed by atoms with Gasteiger partial charge >= 0.3 is 0 Å². The van der Waals surface area contributed by atoms with Gasteiger partial charge in [-0.25, -0.2) is 8.78 Å². The van der Waals surface area contributed by atoms with Crippen LogP contribution in [0.2, 0.25) is 0 Å². The van der Waals surface area contributed by atoms with Gasteiger partial charge in [0.2, 0.25) is 0 Å². The summed E-state index contributed by atoms with van der Waals surface area (Å²) in [5.74, 6) is -1.44. The van der Waals surface area contributed by atoms with Gasteiger partial charge in [-0.05, 0) is 37.6 Å². The van der Waals surface area contributed by atoms with E-state index in [0.717, 1.165) is 19.0 Å². The Morgan fingerprint density at radius 3 is 2.71 bits per heavy atom. The zero-order chi connectivity index (χ0) is 10.6. The second-order valence-corrected chi connectivity index (χ2v) is 3.44. The summed E-state index contributed by atoms with van der Waals surface area (Å²) < 4.78 is 26.2. The SMILES string of the molecule is CNCCC(C)c1cccc(F)c1F. The summed E-state index contributed by atoms with van der Waals surface area (Å²) in [7, 11) is 1.84. The fourth-order valence-corrected chi connectivity index (χ4v) is 1.42. The zero-order valence-electron chi connectivity index (χ0n) is 8.48. The number of hydrogen-bond acceptors (Lipinski definition) is 1. The topological polar surface area (TPSA) is 12.0 Å². The summed E-state index contributed by atoms with van der Waals surface area (Å²) in [5.41, 5.74) is 0.459. The smallest absolute Gasteiger partial charge is 0.162 e. The van der Waals surface area contributed by atoms with Crippen LogP contribution in [0.4, 0.5) is 8.78 Å². The third-order valence-corrected chi connectivity index (χ3v) is 2.34. The molecule has 0 fully saturated rings. The number of nitrogens with one attached hydrogen (secondary N) is 1. The van der Waals surface area contributed by atoms with Crippen molar-refractivity contribution >= 4 is 0 Å². The van der Waals surface area contributed by atoms with Crippen LogP contribution in [-0.4, -0.2) is 13.6 Å². The van der Waals surface area contributed by atoms with Crippen molar-refractivity contribution in [3.63, 3.8) is 0 Å². The van der Waals surface area contributed by atoms with Crippen molar-refractivity contribution in [3.05, 3.63) is 35.4 Å². The molecule has 0 aliphatic heterocycles. The Morgan fingerprint density at radius 2 is 2.07 bits per heavy atom. The Morgan fingerprint density at radius 1 is 1.36 bits per heavy atom. The van der Waals surface area contributed by atoms with Crippen molar-refractivity contribution in [1.82, 2.24) is 5.32 Å². The largest absolute Gasteiger partial charge is 0.320 e. The minimum absolute atomic E-state index is 0.0400.